The Hall–Kier alpha value is -0.610. The van der Waals surface area contributed by atoms with Crippen molar-refractivity contribution in [1.82, 2.24) is 9.88 Å². The smallest absolute Gasteiger partial charge is 0.180 e. The van der Waals surface area contributed by atoms with Gasteiger partial charge in [-0.05, 0) is 45.2 Å². The molecule has 82 valence electrons. The van der Waals surface area contributed by atoms with Crippen molar-refractivity contribution in [3.05, 3.63) is 10.6 Å². The first kappa shape index (κ1) is 9.60. The zero-order valence-corrected chi connectivity index (χ0v) is 9.89. The topological polar surface area (TPSA) is 42.2 Å². The van der Waals surface area contributed by atoms with Crippen molar-refractivity contribution in [3.8, 4) is 0 Å². The SMILES string of the molecule is CN1CCC[C@@H]2Cc3nc(N)sc3C[C@H]21. The van der Waals surface area contributed by atoms with Crippen LogP contribution in [0.4, 0.5) is 5.13 Å². The van der Waals surface area contributed by atoms with E-state index in [2.05, 4.69) is 16.9 Å². The number of hydrogen-bond acceptors (Lipinski definition) is 4. The molecule has 4 heteroatoms. The van der Waals surface area contributed by atoms with Crippen LogP contribution in [-0.4, -0.2) is 29.5 Å². The Bertz CT molecular complexity index is 374. The van der Waals surface area contributed by atoms with Crippen molar-refractivity contribution in [1.29, 1.82) is 0 Å². The van der Waals surface area contributed by atoms with Crippen molar-refractivity contribution < 1.29 is 0 Å². The number of rotatable bonds is 0. The average molecular weight is 223 g/mol. The number of likely N-dealkylation sites (N-methyl/N-ethyl adjacent to an activating group) is 1. The second-order valence-corrected chi connectivity index (χ2v) is 5.90. The molecular weight excluding hydrogens is 206 g/mol. The average Bonchev–Trinajstić information content (AvgIpc) is 2.55. The summed E-state index contributed by atoms with van der Waals surface area (Å²) in [7, 11) is 2.26. The fourth-order valence-corrected chi connectivity index (χ4v) is 3.95. The largest absolute Gasteiger partial charge is 0.375 e. The van der Waals surface area contributed by atoms with E-state index < -0.39 is 0 Å². The van der Waals surface area contributed by atoms with Crippen LogP contribution < -0.4 is 5.73 Å². The summed E-state index contributed by atoms with van der Waals surface area (Å²) in [6.45, 7) is 1.25. The minimum atomic E-state index is 0.742. The molecule has 1 aromatic heterocycles. The molecule has 1 aliphatic carbocycles. The van der Waals surface area contributed by atoms with Crippen LogP contribution in [0.1, 0.15) is 23.4 Å². The number of nitrogen functional groups attached to an aromatic ring is 1. The maximum Gasteiger partial charge on any atom is 0.180 e. The first-order valence-electron chi connectivity index (χ1n) is 5.68. The second-order valence-electron chi connectivity index (χ2n) is 4.78. The molecule has 0 saturated carbocycles. The Balaban J connectivity index is 1.91. The van der Waals surface area contributed by atoms with Crippen molar-refractivity contribution in [3.63, 3.8) is 0 Å². The summed E-state index contributed by atoms with van der Waals surface area (Å²) in [5, 5.41) is 0.751. The molecule has 1 saturated heterocycles. The highest BCUT2D eigenvalue weighted by atomic mass is 32.1. The van der Waals surface area contributed by atoms with E-state index in [1.807, 2.05) is 0 Å². The predicted molar refractivity (Wildman–Crippen MR) is 63.1 cm³/mol. The Morgan fingerprint density at radius 2 is 2.33 bits per heavy atom. The molecular formula is C11H17N3S. The minimum absolute atomic E-state index is 0.742. The van der Waals surface area contributed by atoms with E-state index in [0.717, 1.165) is 23.5 Å². The number of anilines is 1. The number of hydrogen-bond donors (Lipinski definition) is 1. The molecule has 1 aromatic rings. The molecule has 0 amide bonds. The van der Waals surface area contributed by atoms with Crippen LogP contribution in [0.2, 0.25) is 0 Å². The van der Waals surface area contributed by atoms with Gasteiger partial charge >= 0.3 is 0 Å². The Morgan fingerprint density at radius 1 is 1.47 bits per heavy atom. The van der Waals surface area contributed by atoms with Crippen LogP contribution in [0.3, 0.4) is 0 Å². The van der Waals surface area contributed by atoms with Crippen LogP contribution in [0.25, 0.3) is 0 Å². The van der Waals surface area contributed by atoms with E-state index in [1.165, 1.54) is 36.4 Å². The van der Waals surface area contributed by atoms with E-state index in [4.69, 9.17) is 5.73 Å². The third-order valence-corrected chi connectivity index (χ3v) is 4.79. The monoisotopic (exact) mass is 223 g/mol. The number of nitrogens with two attached hydrogens (primary N) is 1. The summed E-state index contributed by atoms with van der Waals surface area (Å²) in [5.41, 5.74) is 7.06. The van der Waals surface area contributed by atoms with Gasteiger partial charge in [-0.3, -0.25) is 0 Å². The molecule has 0 radical (unpaired) electrons. The van der Waals surface area contributed by atoms with E-state index in [-0.39, 0.29) is 0 Å². The van der Waals surface area contributed by atoms with Gasteiger partial charge in [0.15, 0.2) is 5.13 Å². The van der Waals surface area contributed by atoms with Gasteiger partial charge in [-0.25, -0.2) is 4.98 Å². The molecule has 3 rings (SSSR count). The Kier molecular flexibility index (Phi) is 2.21. The van der Waals surface area contributed by atoms with Gasteiger partial charge in [-0.15, -0.1) is 11.3 Å². The van der Waals surface area contributed by atoms with E-state index in [0.29, 0.717) is 0 Å². The highest BCUT2D eigenvalue weighted by molar-refractivity contribution is 7.15. The number of nitrogens with zero attached hydrogens (tertiary/aromatic N) is 2. The molecule has 2 aliphatic rings. The van der Waals surface area contributed by atoms with Crippen molar-refractivity contribution in [2.75, 3.05) is 19.3 Å². The molecule has 0 bridgehead atoms. The quantitative estimate of drug-likeness (QED) is 0.725. The van der Waals surface area contributed by atoms with Gasteiger partial charge in [0, 0.05) is 10.9 Å². The van der Waals surface area contributed by atoms with E-state index in [1.54, 1.807) is 11.3 Å². The number of aromatic nitrogens is 1. The lowest BCUT2D eigenvalue weighted by Crippen LogP contribution is -2.46. The van der Waals surface area contributed by atoms with Crippen LogP contribution in [0, 0.1) is 5.92 Å². The number of fused-ring (bicyclic) bond motifs is 2. The van der Waals surface area contributed by atoms with Gasteiger partial charge < -0.3 is 10.6 Å². The molecule has 15 heavy (non-hydrogen) atoms. The highest BCUT2D eigenvalue weighted by Gasteiger charge is 2.35. The molecule has 1 aliphatic heterocycles. The maximum atomic E-state index is 5.78. The first-order chi connectivity index (χ1) is 7.24. The standard InChI is InChI=1S/C11H17N3S/c1-14-4-2-3-7-5-8-10(6-9(7)14)15-11(12)13-8/h7,9H,2-6H2,1H3,(H2,12,13)/t7-,9-/m1/s1. The third-order valence-electron chi connectivity index (χ3n) is 3.84. The van der Waals surface area contributed by atoms with E-state index >= 15 is 0 Å². The van der Waals surface area contributed by atoms with E-state index in [9.17, 15) is 0 Å². The summed E-state index contributed by atoms with van der Waals surface area (Å²) >= 11 is 1.69. The molecule has 1 fully saturated rings. The van der Waals surface area contributed by atoms with Crippen molar-refractivity contribution in [2.24, 2.45) is 5.92 Å². The summed E-state index contributed by atoms with van der Waals surface area (Å²) in [6, 6.07) is 0.742. The number of thiazole rings is 1. The lowest BCUT2D eigenvalue weighted by molar-refractivity contribution is 0.112. The van der Waals surface area contributed by atoms with Crippen LogP contribution in [-0.2, 0) is 12.8 Å². The Morgan fingerprint density at radius 3 is 3.20 bits per heavy atom. The summed E-state index contributed by atoms with van der Waals surface area (Å²) in [5.74, 6) is 0.817. The van der Waals surface area contributed by atoms with Crippen LogP contribution in [0.5, 0.6) is 0 Å². The third kappa shape index (κ3) is 1.56. The zero-order valence-electron chi connectivity index (χ0n) is 9.07. The predicted octanol–water partition coefficient (Wildman–Crippen LogP) is 1.53. The molecule has 3 nitrogen and oxygen atoms in total. The normalized spacial score (nSPS) is 31.0. The van der Waals surface area contributed by atoms with Gasteiger partial charge in [0.1, 0.15) is 0 Å². The molecule has 2 heterocycles. The Labute approximate surface area is 94.3 Å². The van der Waals surface area contributed by atoms with Gasteiger partial charge in [0.2, 0.25) is 0 Å². The summed E-state index contributed by atoms with van der Waals surface area (Å²) < 4.78 is 0. The van der Waals surface area contributed by atoms with Gasteiger partial charge in [-0.2, -0.15) is 0 Å². The fraction of sp³-hybridized carbons (Fsp3) is 0.727. The van der Waals surface area contributed by atoms with Crippen molar-refractivity contribution >= 4 is 16.5 Å². The second kappa shape index (κ2) is 3.46. The lowest BCUT2D eigenvalue weighted by atomic mass is 9.80. The molecule has 0 aromatic carbocycles. The maximum absolute atomic E-state index is 5.78. The molecule has 2 atom stereocenters. The first-order valence-corrected chi connectivity index (χ1v) is 6.50. The van der Waals surface area contributed by atoms with Gasteiger partial charge in [0.05, 0.1) is 5.69 Å². The highest BCUT2D eigenvalue weighted by Crippen LogP contribution is 2.36. The molecule has 2 N–H and O–H groups in total. The fourth-order valence-electron chi connectivity index (χ4n) is 3.04. The lowest BCUT2D eigenvalue weighted by Gasteiger charge is -2.41. The number of piperidine rings is 1. The zero-order chi connectivity index (χ0) is 10.4. The molecule has 0 unspecified atom stereocenters. The van der Waals surface area contributed by atoms with Crippen LogP contribution in [0.15, 0.2) is 0 Å². The van der Waals surface area contributed by atoms with Gasteiger partial charge in [0.25, 0.3) is 0 Å². The number of likely N-dealkylation sites (tertiary alicyclic amines) is 1. The summed E-state index contributed by atoms with van der Waals surface area (Å²) in [6.07, 6.45) is 5.03. The van der Waals surface area contributed by atoms with Crippen molar-refractivity contribution in [2.45, 2.75) is 31.7 Å². The summed E-state index contributed by atoms with van der Waals surface area (Å²) in [4.78, 5) is 8.40. The molecule has 0 spiro atoms. The van der Waals surface area contributed by atoms with Gasteiger partial charge in [-0.1, -0.05) is 0 Å². The van der Waals surface area contributed by atoms with Crippen LogP contribution >= 0.6 is 11.3 Å². The minimum Gasteiger partial charge on any atom is -0.375 e.